The molecule has 0 radical (unpaired) electrons. The quantitative estimate of drug-likeness (QED) is 0.754. The number of sulfonamides is 1. The molecule has 0 aliphatic carbocycles. The largest absolute Gasteiger partial charge is 0.497 e. The van der Waals surface area contributed by atoms with Gasteiger partial charge in [-0.3, -0.25) is 0 Å². The summed E-state index contributed by atoms with van der Waals surface area (Å²) in [6, 6.07) is 10.1. The molecule has 0 saturated carbocycles. The Hall–Kier alpha value is -1.64. The minimum Gasteiger partial charge on any atom is -0.497 e. The zero-order valence-corrected chi connectivity index (χ0v) is 15.5. The fraction of sp³-hybridized carbons (Fsp3) is 0.312. The molecule has 1 aromatic carbocycles. The molecule has 1 aliphatic heterocycles. The third kappa shape index (κ3) is 3.55. The van der Waals surface area contributed by atoms with Gasteiger partial charge in [-0.1, -0.05) is 6.07 Å². The van der Waals surface area contributed by atoms with E-state index in [9.17, 15) is 8.42 Å². The maximum Gasteiger partial charge on any atom is 0.243 e. The smallest absolute Gasteiger partial charge is 0.243 e. The Morgan fingerprint density at radius 2 is 2.12 bits per heavy atom. The van der Waals surface area contributed by atoms with Crippen molar-refractivity contribution in [3.63, 3.8) is 0 Å². The van der Waals surface area contributed by atoms with E-state index < -0.39 is 10.0 Å². The molecule has 0 bridgehead atoms. The average molecular weight is 413 g/mol. The summed E-state index contributed by atoms with van der Waals surface area (Å²) < 4.78 is 38.6. The molecule has 0 N–H and O–H groups in total. The van der Waals surface area contributed by atoms with Crippen molar-refractivity contribution in [3.05, 3.63) is 47.1 Å². The lowest BCUT2D eigenvalue weighted by Gasteiger charge is -2.17. The van der Waals surface area contributed by atoms with Gasteiger partial charge in [0.2, 0.25) is 15.9 Å². The van der Waals surface area contributed by atoms with Gasteiger partial charge in [-0.15, -0.1) is 0 Å². The van der Waals surface area contributed by atoms with Crippen LogP contribution in [0, 0.1) is 0 Å². The number of ether oxygens (including phenoxy) is 2. The van der Waals surface area contributed by atoms with Crippen LogP contribution in [0.1, 0.15) is 6.42 Å². The monoisotopic (exact) mass is 412 g/mol. The van der Waals surface area contributed by atoms with Crippen LogP contribution in [0.4, 0.5) is 0 Å². The summed E-state index contributed by atoms with van der Waals surface area (Å²) in [6.45, 7) is 0.706. The highest BCUT2D eigenvalue weighted by Gasteiger charge is 2.34. The van der Waals surface area contributed by atoms with Crippen molar-refractivity contribution in [3.8, 4) is 11.6 Å². The van der Waals surface area contributed by atoms with Gasteiger partial charge in [-0.2, -0.15) is 4.31 Å². The second-order valence-corrected chi connectivity index (χ2v) is 8.15. The van der Waals surface area contributed by atoms with Gasteiger partial charge in [0.05, 0.1) is 23.0 Å². The zero-order chi connectivity index (χ0) is 17.2. The van der Waals surface area contributed by atoms with Crippen molar-refractivity contribution in [1.29, 1.82) is 0 Å². The van der Waals surface area contributed by atoms with Gasteiger partial charge in [0, 0.05) is 18.8 Å². The Morgan fingerprint density at radius 3 is 2.88 bits per heavy atom. The van der Waals surface area contributed by atoms with Crippen molar-refractivity contribution in [2.24, 2.45) is 0 Å². The summed E-state index contributed by atoms with van der Waals surface area (Å²) in [6.07, 6.45) is 2.03. The number of nitrogens with zero attached hydrogens (tertiary/aromatic N) is 2. The molecule has 1 unspecified atom stereocenters. The Balaban J connectivity index is 1.73. The summed E-state index contributed by atoms with van der Waals surface area (Å²) in [5.74, 6) is 0.989. The molecule has 1 atom stereocenters. The Labute approximate surface area is 149 Å². The van der Waals surface area contributed by atoms with Crippen molar-refractivity contribution >= 4 is 26.0 Å². The molecule has 0 spiro atoms. The summed E-state index contributed by atoms with van der Waals surface area (Å²) >= 11 is 3.38. The van der Waals surface area contributed by atoms with Gasteiger partial charge in [0.1, 0.15) is 11.9 Å². The first-order valence-corrected chi connectivity index (χ1v) is 9.65. The van der Waals surface area contributed by atoms with Crippen LogP contribution in [0.5, 0.6) is 11.6 Å². The maximum atomic E-state index is 12.8. The lowest BCUT2D eigenvalue weighted by molar-refractivity contribution is 0.205. The maximum absolute atomic E-state index is 12.8. The first-order chi connectivity index (χ1) is 11.5. The van der Waals surface area contributed by atoms with Crippen molar-refractivity contribution < 1.29 is 17.9 Å². The molecule has 1 aromatic heterocycles. The third-order valence-corrected chi connectivity index (χ3v) is 6.25. The lowest BCUT2D eigenvalue weighted by atomic mass is 10.3. The van der Waals surface area contributed by atoms with Gasteiger partial charge >= 0.3 is 0 Å². The highest BCUT2D eigenvalue weighted by molar-refractivity contribution is 9.10. The van der Waals surface area contributed by atoms with E-state index in [0.717, 1.165) is 4.47 Å². The number of pyridine rings is 1. The van der Waals surface area contributed by atoms with E-state index in [1.54, 1.807) is 30.5 Å². The molecule has 0 amide bonds. The summed E-state index contributed by atoms with van der Waals surface area (Å²) in [5.41, 5.74) is 0. The van der Waals surface area contributed by atoms with E-state index in [4.69, 9.17) is 9.47 Å². The molecule has 24 heavy (non-hydrogen) atoms. The Kier molecular flexibility index (Phi) is 5.07. The van der Waals surface area contributed by atoms with E-state index in [1.807, 2.05) is 6.07 Å². The number of hydrogen-bond donors (Lipinski definition) is 0. The van der Waals surface area contributed by atoms with Gasteiger partial charge in [-0.25, -0.2) is 13.4 Å². The van der Waals surface area contributed by atoms with Crippen LogP contribution >= 0.6 is 15.9 Å². The SMILES string of the molecule is COc1cccc(S(=O)(=O)N2CCC(Oc3ncccc3Br)C2)c1. The second kappa shape index (κ2) is 7.08. The molecule has 3 rings (SSSR count). The normalized spacial score (nSPS) is 18.5. The number of methoxy groups -OCH3 is 1. The summed E-state index contributed by atoms with van der Waals surface area (Å²) in [5, 5.41) is 0. The van der Waals surface area contributed by atoms with Crippen molar-refractivity contribution in [1.82, 2.24) is 9.29 Å². The van der Waals surface area contributed by atoms with Crippen LogP contribution in [0.2, 0.25) is 0 Å². The highest BCUT2D eigenvalue weighted by atomic mass is 79.9. The molecule has 6 nitrogen and oxygen atoms in total. The number of hydrogen-bond acceptors (Lipinski definition) is 5. The molecule has 2 heterocycles. The molecule has 1 saturated heterocycles. The van der Waals surface area contributed by atoms with Crippen LogP contribution in [0.3, 0.4) is 0 Å². The fourth-order valence-electron chi connectivity index (χ4n) is 2.54. The van der Waals surface area contributed by atoms with Gasteiger partial charge < -0.3 is 9.47 Å². The molecule has 2 aromatic rings. The van der Waals surface area contributed by atoms with Gasteiger partial charge in [0.25, 0.3) is 0 Å². The minimum atomic E-state index is -3.57. The van der Waals surface area contributed by atoms with E-state index >= 15 is 0 Å². The predicted molar refractivity (Wildman–Crippen MR) is 92.7 cm³/mol. The Morgan fingerprint density at radius 1 is 1.29 bits per heavy atom. The topological polar surface area (TPSA) is 68.7 Å². The first-order valence-electron chi connectivity index (χ1n) is 7.42. The van der Waals surface area contributed by atoms with E-state index in [-0.39, 0.29) is 11.0 Å². The zero-order valence-electron chi connectivity index (χ0n) is 13.1. The number of rotatable bonds is 5. The first kappa shape index (κ1) is 17.2. The molecule has 1 fully saturated rings. The molecular formula is C16H17BrN2O4S. The molecule has 128 valence electrons. The van der Waals surface area contributed by atoms with Crippen LogP contribution in [0.15, 0.2) is 52.0 Å². The standard InChI is InChI=1S/C16H17BrN2O4S/c1-22-12-4-2-5-14(10-12)24(20,21)19-9-7-13(11-19)23-16-15(17)6-3-8-18-16/h2-6,8,10,13H,7,9,11H2,1H3. The molecular weight excluding hydrogens is 396 g/mol. The van der Waals surface area contributed by atoms with Gasteiger partial charge in [-0.05, 0) is 46.6 Å². The molecule has 1 aliphatic rings. The fourth-order valence-corrected chi connectivity index (χ4v) is 4.41. The second-order valence-electron chi connectivity index (χ2n) is 5.36. The van der Waals surface area contributed by atoms with E-state index in [2.05, 4.69) is 20.9 Å². The lowest BCUT2D eigenvalue weighted by Crippen LogP contribution is -2.31. The Bertz CT molecular complexity index is 828. The van der Waals surface area contributed by atoms with Crippen molar-refractivity contribution in [2.75, 3.05) is 20.2 Å². The number of benzene rings is 1. The predicted octanol–water partition coefficient (Wildman–Crippen LogP) is 2.69. The van der Waals surface area contributed by atoms with Gasteiger partial charge in [0.15, 0.2) is 0 Å². The molecule has 8 heteroatoms. The highest BCUT2D eigenvalue weighted by Crippen LogP contribution is 2.28. The van der Waals surface area contributed by atoms with Crippen LogP contribution in [0.25, 0.3) is 0 Å². The number of aromatic nitrogens is 1. The minimum absolute atomic E-state index is 0.224. The van der Waals surface area contributed by atoms with Crippen molar-refractivity contribution in [2.45, 2.75) is 17.4 Å². The summed E-state index contributed by atoms with van der Waals surface area (Å²) in [7, 11) is -2.06. The summed E-state index contributed by atoms with van der Waals surface area (Å²) in [4.78, 5) is 4.38. The van der Waals surface area contributed by atoms with E-state index in [1.165, 1.54) is 17.5 Å². The number of halogens is 1. The van der Waals surface area contributed by atoms with E-state index in [0.29, 0.717) is 31.1 Å². The van der Waals surface area contributed by atoms with Crippen LogP contribution < -0.4 is 9.47 Å². The average Bonchev–Trinajstić information content (AvgIpc) is 3.06. The van der Waals surface area contributed by atoms with Crippen LogP contribution in [-0.4, -0.2) is 44.0 Å². The van der Waals surface area contributed by atoms with Crippen LogP contribution in [-0.2, 0) is 10.0 Å². The third-order valence-electron chi connectivity index (χ3n) is 3.79.